The molecule has 2 aromatic carbocycles. The molecule has 0 aliphatic heterocycles. The maximum atomic E-state index is 13.7. The van der Waals surface area contributed by atoms with Crippen LogP contribution in [0, 0.1) is 9.39 Å². The van der Waals surface area contributed by atoms with Crippen LogP contribution in [0.4, 0.5) is 10.1 Å². The molecule has 0 radical (unpaired) electrons. The Morgan fingerprint density at radius 2 is 2.05 bits per heavy atom. The highest BCUT2D eigenvalue weighted by Crippen LogP contribution is 2.22. The lowest BCUT2D eigenvalue weighted by atomic mass is 10.2. The Kier molecular flexibility index (Phi) is 4.94. The third-order valence-corrected chi connectivity index (χ3v) is 3.55. The number of benzene rings is 2. The van der Waals surface area contributed by atoms with E-state index in [-0.39, 0.29) is 11.7 Å². The van der Waals surface area contributed by atoms with Gasteiger partial charge in [0, 0.05) is 15.3 Å². The van der Waals surface area contributed by atoms with E-state index in [2.05, 4.69) is 27.9 Å². The van der Waals surface area contributed by atoms with E-state index in [9.17, 15) is 9.18 Å². The molecule has 20 heavy (non-hydrogen) atoms. The van der Waals surface area contributed by atoms with Gasteiger partial charge in [0.05, 0.1) is 12.2 Å². The first-order valence-electron chi connectivity index (χ1n) is 6.10. The number of ether oxygens (including phenoxy) is 1. The van der Waals surface area contributed by atoms with E-state index in [0.717, 1.165) is 3.57 Å². The van der Waals surface area contributed by atoms with Gasteiger partial charge in [-0.2, -0.15) is 0 Å². The fourth-order valence-electron chi connectivity index (χ4n) is 1.69. The van der Waals surface area contributed by atoms with Gasteiger partial charge in [-0.05, 0) is 53.8 Å². The minimum absolute atomic E-state index is 0.180. The Labute approximate surface area is 130 Å². The third kappa shape index (κ3) is 3.47. The Balaban J connectivity index is 2.16. The molecule has 0 fully saturated rings. The van der Waals surface area contributed by atoms with Crippen molar-refractivity contribution in [2.24, 2.45) is 0 Å². The van der Waals surface area contributed by atoms with Crippen LogP contribution in [0.1, 0.15) is 17.3 Å². The minimum Gasteiger partial charge on any atom is -0.491 e. The second kappa shape index (κ2) is 6.69. The van der Waals surface area contributed by atoms with Gasteiger partial charge >= 0.3 is 0 Å². The van der Waals surface area contributed by atoms with Gasteiger partial charge in [-0.1, -0.05) is 12.1 Å². The minimum atomic E-state index is -0.493. The monoisotopic (exact) mass is 385 g/mol. The first-order chi connectivity index (χ1) is 9.61. The number of carbonyl (C=O) groups is 1. The molecular weight excluding hydrogens is 372 g/mol. The number of anilines is 1. The first-order valence-corrected chi connectivity index (χ1v) is 7.18. The molecule has 0 bridgehead atoms. The molecule has 0 saturated carbocycles. The van der Waals surface area contributed by atoms with Crippen molar-refractivity contribution in [3.63, 3.8) is 0 Å². The van der Waals surface area contributed by atoms with Crippen LogP contribution in [0.15, 0.2) is 42.5 Å². The zero-order chi connectivity index (χ0) is 14.5. The fraction of sp³-hybridized carbons (Fsp3) is 0.133. The van der Waals surface area contributed by atoms with Crippen molar-refractivity contribution in [3.05, 3.63) is 57.4 Å². The molecule has 2 rings (SSSR count). The summed E-state index contributed by atoms with van der Waals surface area (Å²) in [6.07, 6.45) is 0. The Bertz CT molecular complexity index is 631. The summed E-state index contributed by atoms with van der Waals surface area (Å²) in [5, 5.41) is 2.67. The van der Waals surface area contributed by atoms with Crippen molar-refractivity contribution >= 4 is 34.2 Å². The molecule has 5 heteroatoms. The largest absolute Gasteiger partial charge is 0.491 e. The van der Waals surface area contributed by atoms with Crippen LogP contribution >= 0.6 is 22.6 Å². The van der Waals surface area contributed by atoms with Crippen LogP contribution in [-0.4, -0.2) is 12.5 Å². The molecule has 1 N–H and O–H groups in total. The molecule has 104 valence electrons. The lowest BCUT2D eigenvalue weighted by Crippen LogP contribution is -2.13. The van der Waals surface area contributed by atoms with Crippen LogP contribution < -0.4 is 10.1 Å². The molecule has 0 heterocycles. The number of carbonyl (C=O) groups excluding carboxylic acids is 1. The van der Waals surface area contributed by atoms with Gasteiger partial charge in [0.25, 0.3) is 5.91 Å². The summed E-state index contributed by atoms with van der Waals surface area (Å²) in [4.78, 5) is 12.1. The van der Waals surface area contributed by atoms with Crippen molar-refractivity contribution in [2.75, 3.05) is 11.9 Å². The lowest BCUT2D eigenvalue weighted by molar-refractivity contribution is 0.102. The number of hydrogen-bond acceptors (Lipinski definition) is 2. The van der Waals surface area contributed by atoms with E-state index in [1.807, 2.05) is 12.1 Å². The summed E-state index contributed by atoms with van der Waals surface area (Å²) in [6.45, 7) is 2.18. The Morgan fingerprint density at radius 1 is 1.30 bits per heavy atom. The molecule has 0 saturated heterocycles. The van der Waals surface area contributed by atoms with Gasteiger partial charge in [0.1, 0.15) is 0 Å². The van der Waals surface area contributed by atoms with Crippen molar-refractivity contribution in [2.45, 2.75) is 6.92 Å². The Hall–Kier alpha value is -1.63. The lowest BCUT2D eigenvalue weighted by Gasteiger charge is -2.09. The number of amides is 1. The van der Waals surface area contributed by atoms with E-state index >= 15 is 0 Å². The van der Waals surface area contributed by atoms with Crippen LogP contribution in [-0.2, 0) is 0 Å². The molecule has 0 aliphatic carbocycles. The summed E-state index contributed by atoms with van der Waals surface area (Å²) in [5.74, 6) is -0.578. The summed E-state index contributed by atoms with van der Waals surface area (Å²) in [7, 11) is 0. The predicted octanol–water partition coefficient (Wildman–Crippen LogP) is 4.08. The quantitative estimate of drug-likeness (QED) is 0.806. The maximum Gasteiger partial charge on any atom is 0.256 e. The second-order valence-corrected chi connectivity index (χ2v) is 5.17. The molecule has 0 aromatic heterocycles. The second-order valence-electron chi connectivity index (χ2n) is 4.01. The van der Waals surface area contributed by atoms with Crippen molar-refractivity contribution < 1.29 is 13.9 Å². The average molecular weight is 385 g/mol. The van der Waals surface area contributed by atoms with Crippen LogP contribution in [0.5, 0.6) is 5.75 Å². The average Bonchev–Trinajstić information content (AvgIpc) is 2.42. The van der Waals surface area contributed by atoms with Gasteiger partial charge in [-0.15, -0.1) is 0 Å². The van der Waals surface area contributed by atoms with E-state index < -0.39 is 5.82 Å². The molecule has 0 atom stereocenters. The normalized spacial score (nSPS) is 10.2. The standard InChI is InChI=1S/C15H13FINO2/c1-2-20-14-8-7-10(9-12(14)16)18-15(19)11-5-3-4-6-13(11)17/h3-9H,2H2,1H3,(H,18,19). The number of halogens is 2. The highest BCUT2D eigenvalue weighted by Gasteiger charge is 2.11. The number of hydrogen-bond donors (Lipinski definition) is 1. The molecular formula is C15H13FINO2. The number of rotatable bonds is 4. The zero-order valence-corrected chi connectivity index (χ0v) is 13.0. The van der Waals surface area contributed by atoms with Gasteiger partial charge in [-0.25, -0.2) is 4.39 Å². The van der Waals surface area contributed by atoms with Gasteiger partial charge in [0.2, 0.25) is 0 Å². The highest BCUT2D eigenvalue weighted by molar-refractivity contribution is 14.1. The molecule has 0 unspecified atom stereocenters. The molecule has 0 aliphatic rings. The van der Waals surface area contributed by atoms with Crippen LogP contribution in [0.2, 0.25) is 0 Å². The van der Waals surface area contributed by atoms with E-state index in [4.69, 9.17) is 4.74 Å². The molecule has 3 nitrogen and oxygen atoms in total. The van der Waals surface area contributed by atoms with Gasteiger partial charge in [-0.3, -0.25) is 4.79 Å². The van der Waals surface area contributed by atoms with Gasteiger partial charge < -0.3 is 10.1 Å². The summed E-state index contributed by atoms with van der Waals surface area (Å²) < 4.78 is 19.6. The highest BCUT2D eigenvalue weighted by atomic mass is 127. The van der Waals surface area contributed by atoms with E-state index in [1.165, 1.54) is 12.1 Å². The summed E-state index contributed by atoms with van der Waals surface area (Å²) in [5.41, 5.74) is 0.956. The summed E-state index contributed by atoms with van der Waals surface area (Å²) >= 11 is 2.09. The fourth-order valence-corrected chi connectivity index (χ4v) is 2.33. The van der Waals surface area contributed by atoms with Crippen molar-refractivity contribution in [3.8, 4) is 5.75 Å². The summed E-state index contributed by atoms with van der Waals surface area (Å²) in [6, 6.07) is 11.6. The van der Waals surface area contributed by atoms with Crippen LogP contribution in [0.3, 0.4) is 0 Å². The molecule has 0 spiro atoms. The Morgan fingerprint density at radius 3 is 2.70 bits per heavy atom. The number of nitrogens with one attached hydrogen (secondary N) is 1. The van der Waals surface area contributed by atoms with Crippen molar-refractivity contribution in [1.29, 1.82) is 0 Å². The van der Waals surface area contributed by atoms with Gasteiger partial charge in [0.15, 0.2) is 11.6 Å². The first kappa shape index (κ1) is 14.8. The van der Waals surface area contributed by atoms with Crippen molar-refractivity contribution in [1.82, 2.24) is 0 Å². The van der Waals surface area contributed by atoms with E-state index in [0.29, 0.717) is 17.9 Å². The third-order valence-electron chi connectivity index (χ3n) is 2.61. The van der Waals surface area contributed by atoms with E-state index in [1.54, 1.807) is 25.1 Å². The van der Waals surface area contributed by atoms with Crippen LogP contribution in [0.25, 0.3) is 0 Å². The predicted molar refractivity (Wildman–Crippen MR) is 84.7 cm³/mol. The SMILES string of the molecule is CCOc1ccc(NC(=O)c2ccccc2I)cc1F. The zero-order valence-electron chi connectivity index (χ0n) is 10.8. The maximum absolute atomic E-state index is 13.7. The molecule has 1 amide bonds. The topological polar surface area (TPSA) is 38.3 Å². The molecule has 2 aromatic rings. The smallest absolute Gasteiger partial charge is 0.256 e.